The molecule has 1 heterocycles. The molecule has 2 rings (SSSR count). The van der Waals surface area contributed by atoms with Crippen LogP contribution in [0.1, 0.15) is 32.6 Å². The lowest BCUT2D eigenvalue weighted by molar-refractivity contribution is 0.151. The zero-order valence-electron chi connectivity index (χ0n) is 10.9. The average molecular weight is 281 g/mol. The molecule has 4 nitrogen and oxygen atoms in total. The van der Waals surface area contributed by atoms with Gasteiger partial charge in [0.25, 0.3) is 0 Å². The first-order valence-corrected chi connectivity index (χ1v) is 6.88. The number of ether oxygens (including phenoxy) is 2. The SMILES string of the molecule is CC#CCOc1cc(OC2CCCCC2Cl)ncn1. The van der Waals surface area contributed by atoms with Crippen molar-refractivity contribution in [1.29, 1.82) is 0 Å². The van der Waals surface area contributed by atoms with E-state index in [1.165, 1.54) is 12.7 Å². The Morgan fingerprint density at radius 1 is 1.32 bits per heavy atom. The Balaban J connectivity index is 1.95. The van der Waals surface area contributed by atoms with Crippen LogP contribution in [0.5, 0.6) is 11.8 Å². The highest BCUT2D eigenvalue weighted by Gasteiger charge is 2.25. The van der Waals surface area contributed by atoms with Gasteiger partial charge >= 0.3 is 0 Å². The van der Waals surface area contributed by atoms with Gasteiger partial charge in [-0.15, -0.1) is 17.5 Å². The lowest BCUT2D eigenvalue weighted by atomic mass is 9.97. The summed E-state index contributed by atoms with van der Waals surface area (Å²) in [5.41, 5.74) is 0. The van der Waals surface area contributed by atoms with E-state index in [0.717, 1.165) is 19.3 Å². The lowest BCUT2D eigenvalue weighted by Crippen LogP contribution is -2.31. The summed E-state index contributed by atoms with van der Waals surface area (Å²) in [5, 5.41) is 0.0547. The summed E-state index contributed by atoms with van der Waals surface area (Å²) in [4.78, 5) is 8.10. The molecule has 0 aromatic carbocycles. The van der Waals surface area contributed by atoms with E-state index < -0.39 is 0 Å². The number of hydrogen-bond acceptors (Lipinski definition) is 4. The van der Waals surface area contributed by atoms with Crippen LogP contribution >= 0.6 is 11.6 Å². The molecule has 1 saturated carbocycles. The van der Waals surface area contributed by atoms with Gasteiger partial charge in [-0.3, -0.25) is 0 Å². The van der Waals surface area contributed by atoms with Crippen molar-refractivity contribution in [2.45, 2.75) is 44.1 Å². The van der Waals surface area contributed by atoms with Crippen molar-refractivity contribution < 1.29 is 9.47 Å². The van der Waals surface area contributed by atoms with Crippen LogP contribution in [0.15, 0.2) is 12.4 Å². The van der Waals surface area contributed by atoms with Gasteiger partial charge < -0.3 is 9.47 Å². The molecule has 0 radical (unpaired) electrons. The van der Waals surface area contributed by atoms with Crippen LogP contribution in [0.2, 0.25) is 0 Å². The van der Waals surface area contributed by atoms with E-state index in [-0.39, 0.29) is 11.5 Å². The average Bonchev–Trinajstić information content (AvgIpc) is 2.42. The fourth-order valence-electron chi connectivity index (χ4n) is 1.99. The number of nitrogens with zero attached hydrogens (tertiary/aromatic N) is 2. The maximum absolute atomic E-state index is 6.26. The predicted octanol–water partition coefficient (Wildman–Crippen LogP) is 2.81. The summed E-state index contributed by atoms with van der Waals surface area (Å²) in [6.07, 6.45) is 5.73. The molecule has 0 N–H and O–H groups in total. The fraction of sp³-hybridized carbons (Fsp3) is 0.571. The zero-order valence-corrected chi connectivity index (χ0v) is 11.7. The van der Waals surface area contributed by atoms with E-state index in [1.807, 2.05) is 0 Å². The van der Waals surface area contributed by atoms with Crippen molar-refractivity contribution in [1.82, 2.24) is 9.97 Å². The second kappa shape index (κ2) is 7.20. The first-order valence-electron chi connectivity index (χ1n) is 6.45. The van der Waals surface area contributed by atoms with Crippen LogP contribution in [0.3, 0.4) is 0 Å². The Morgan fingerprint density at radius 3 is 2.89 bits per heavy atom. The van der Waals surface area contributed by atoms with Crippen molar-refractivity contribution in [2.75, 3.05) is 6.61 Å². The van der Waals surface area contributed by atoms with Crippen molar-refractivity contribution in [3.8, 4) is 23.6 Å². The highest BCUT2D eigenvalue weighted by molar-refractivity contribution is 6.21. The summed E-state index contributed by atoms with van der Waals surface area (Å²) < 4.78 is 11.2. The third kappa shape index (κ3) is 4.29. The molecule has 1 fully saturated rings. The van der Waals surface area contributed by atoms with Gasteiger partial charge in [0.2, 0.25) is 11.8 Å². The first kappa shape index (κ1) is 14.0. The van der Waals surface area contributed by atoms with Crippen molar-refractivity contribution >= 4 is 11.6 Å². The Hall–Kier alpha value is -1.47. The molecule has 0 amide bonds. The van der Waals surface area contributed by atoms with Crippen LogP contribution in [0, 0.1) is 11.8 Å². The number of halogens is 1. The Bertz CT molecular complexity index is 470. The second-order valence-corrected chi connectivity index (χ2v) is 4.93. The summed E-state index contributed by atoms with van der Waals surface area (Å²) in [7, 11) is 0. The van der Waals surface area contributed by atoms with Gasteiger partial charge in [-0.05, 0) is 26.2 Å². The molecular formula is C14H17ClN2O2. The molecular weight excluding hydrogens is 264 g/mol. The molecule has 1 aliphatic rings. The van der Waals surface area contributed by atoms with E-state index in [9.17, 15) is 0 Å². The Morgan fingerprint density at radius 2 is 2.11 bits per heavy atom. The normalized spacial score (nSPS) is 22.2. The maximum Gasteiger partial charge on any atom is 0.221 e. The smallest absolute Gasteiger partial charge is 0.221 e. The second-order valence-electron chi connectivity index (χ2n) is 4.37. The third-order valence-electron chi connectivity index (χ3n) is 2.98. The quantitative estimate of drug-likeness (QED) is 0.628. The van der Waals surface area contributed by atoms with Crippen LogP contribution in [0.4, 0.5) is 0 Å². The van der Waals surface area contributed by atoms with Gasteiger partial charge in [0.15, 0.2) is 6.61 Å². The fourth-order valence-corrected chi connectivity index (χ4v) is 2.32. The van der Waals surface area contributed by atoms with Crippen molar-refractivity contribution in [2.24, 2.45) is 0 Å². The van der Waals surface area contributed by atoms with Gasteiger partial charge in [-0.25, -0.2) is 9.97 Å². The standard InChI is InChI=1S/C14H17ClN2O2/c1-2-3-8-18-13-9-14(17-10-16-13)19-12-7-5-4-6-11(12)15/h9-12H,4-8H2,1H3. The van der Waals surface area contributed by atoms with E-state index in [4.69, 9.17) is 21.1 Å². The number of rotatable bonds is 4. The minimum Gasteiger partial charge on any atom is -0.473 e. The Kier molecular flexibility index (Phi) is 5.29. The lowest BCUT2D eigenvalue weighted by Gasteiger charge is -2.27. The van der Waals surface area contributed by atoms with E-state index in [0.29, 0.717) is 18.4 Å². The van der Waals surface area contributed by atoms with E-state index in [1.54, 1.807) is 13.0 Å². The summed E-state index contributed by atoms with van der Waals surface area (Å²) in [6.45, 7) is 2.08. The molecule has 0 saturated heterocycles. The van der Waals surface area contributed by atoms with E-state index >= 15 is 0 Å². The van der Waals surface area contributed by atoms with Gasteiger partial charge in [0.1, 0.15) is 12.4 Å². The Labute approximate surface area is 118 Å². The molecule has 0 spiro atoms. The monoisotopic (exact) mass is 280 g/mol. The number of aromatic nitrogens is 2. The molecule has 5 heteroatoms. The molecule has 1 aromatic rings. The van der Waals surface area contributed by atoms with Crippen LogP contribution < -0.4 is 9.47 Å². The van der Waals surface area contributed by atoms with Gasteiger partial charge in [-0.1, -0.05) is 12.3 Å². The molecule has 102 valence electrons. The van der Waals surface area contributed by atoms with Crippen molar-refractivity contribution in [3.63, 3.8) is 0 Å². The minimum atomic E-state index is 0.0219. The molecule has 1 aliphatic carbocycles. The highest BCUT2D eigenvalue weighted by Crippen LogP contribution is 2.27. The molecule has 2 atom stereocenters. The van der Waals surface area contributed by atoms with Gasteiger partial charge in [-0.2, -0.15) is 0 Å². The van der Waals surface area contributed by atoms with Crippen LogP contribution in [0.25, 0.3) is 0 Å². The predicted molar refractivity (Wildman–Crippen MR) is 73.5 cm³/mol. The molecule has 0 bridgehead atoms. The summed E-state index contributed by atoms with van der Waals surface area (Å²) in [5.74, 6) is 6.54. The van der Waals surface area contributed by atoms with Crippen LogP contribution in [-0.2, 0) is 0 Å². The molecule has 0 aliphatic heterocycles. The van der Waals surface area contributed by atoms with Crippen molar-refractivity contribution in [3.05, 3.63) is 12.4 Å². The zero-order chi connectivity index (χ0) is 13.5. The molecule has 1 aromatic heterocycles. The summed E-state index contributed by atoms with van der Waals surface area (Å²) >= 11 is 6.26. The minimum absolute atomic E-state index is 0.0219. The maximum atomic E-state index is 6.26. The molecule has 2 unspecified atom stereocenters. The van der Waals surface area contributed by atoms with Gasteiger partial charge in [0.05, 0.1) is 11.4 Å². The topological polar surface area (TPSA) is 44.2 Å². The highest BCUT2D eigenvalue weighted by atomic mass is 35.5. The van der Waals surface area contributed by atoms with E-state index in [2.05, 4.69) is 21.8 Å². The molecule has 19 heavy (non-hydrogen) atoms. The van der Waals surface area contributed by atoms with Gasteiger partial charge in [0, 0.05) is 0 Å². The van der Waals surface area contributed by atoms with Crippen LogP contribution in [-0.4, -0.2) is 28.1 Å². The third-order valence-corrected chi connectivity index (χ3v) is 3.48. The summed E-state index contributed by atoms with van der Waals surface area (Å²) in [6, 6.07) is 1.68. The number of hydrogen-bond donors (Lipinski definition) is 0. The first-order chi connectivity index (χ1) is 9.29. The largest absolute Gasteiger partial charge is 0.473 e. The number of alkyl halides is 1.